The highest BCUT2D eigenvalue weighted by atomic mass is 16.5. The number of aliphatic carboxylic acids is 1. The molecule has 0 aliphatic carbocycles. The molecule has 0 fully saturated rings. The zero-order chi connectivity index (χ0) is 30.9. The number of carbonyl (C=O) groups excluding carboxylic acids is 2. The summed E-state index contributed by atoms with van der Waals surface area (Å²) in [6, 6.07) is 0. The summed E-state index contributed by atoms with van der Waals surface area (Å²) in [5.41, 5.74) is 0. The molecule has 0 spiro atoms. The number of rotatable bonds is 30. The van der Waals surface area contributed by atoms with Crippen molar-refractivity contribution < 1.29 is 24.2 Å². The second-order valence-corrected chi connectivity index (χ2v) is 11.4. The first kappa shape index (κ1) is 39.6. The van der Waals surface area contributed by atoms with E-state index in [0.29, 0.717) is 12.8 Å². The third kappa shape index (κ3) is 30.6. The zero-order valence-corrected chi connectivity index (χ0v) is 27.1. The Morgan fingerprint density at radius 2 is 1.19 bits per heavy atom. The Morgan fingerprint density at radius 1 is 0.643 bits per heavy atom. The third-order valence-corrected chi connectivity index (χ3v) is 7.27. The van der Waals surface area contributed by atoms with Crippen molar-refractivity contribution in [3.8, 4) is 0 Å². The van der Waals surface area contributed by atoms with Crippen LogP contribution in [0.25, 0.3) is 0 Å². The first-order chi connectivity index (χ1) is 20.5. The van der Waals surface area contributed by atoms with Crippen LogP contribution in [0.4, 0.5) is 0 Å². The highest BCUT2D eigenvalue weighted by molar-refractivity contribution is 5.80. The Bertz CT molecular complexity index is 743. The molecule has 1 amide bonds. The van der Waals surface area contributed by atoms with Crippen LogP contribution in [0, 0.1) is 0 Å². The van der Waals surface area contributed by atoms with E-state index in [1.807, 2.05) is 6.08 Å². The number of carboxylic acids is 1. The standard InChI is InChI=1S/C36H63NO5/c1-3-5-7-9-11-12-13-14-15-16-17-19-21-27-31-36(41)42-33(28-24-20-18-10-8-6-4-2)29-25-22-23-26-30-34(38)37-32-35(39)40/h10,13-14,18,24,28,33H,3-9,11-12,15-17,19-23,25-27,29-32H2,1-2H3,(H,37,38)(H,39,40)/b14-13-,18-10-,28-24-. The molecular weight excluding hydrogens is 526 g/mol. The summed E-state index contributed by atoms with van der Waals surface area (Å²) in [4.78, 5) is 34.7. The predicted octanol–water partition coefficient (Wildman–Crippen LogP) is 9.78. The maximum atomic E-state index is 12.5. The molecule has 0 saturated heterocycles. The van der Waals surface area contributed by atoms with Crippen molar-refractivity contribution in [1.29, 1.82) is 0 Å². The van der Waals surface area contributed by atoms with E-state index in [1.54, 1.807) is 0 Å². The molecule has 0 aromatic heterocycles. The van der Waals surface area contributed by atoms with E-state index in [-0.39, 0.29) is 24.5 Å². The van der Waals surface area contributed by atoms with Gasteiger partial charge < -0.3 is 15.2 Å². The molecule has 242 valence electrons. The minimum Gasteiger partial charge on any atom is -0.480 e. The number of nitrogens with one attached hydrogen (secondary N) is 1. The Kier molecular flexibility index (Phi) is 29.8. The minimum atomic E-state index is -1.03. The number of esters is 1. The van der Waals surface area contributed by atoms with Gasteiger partial charge in [0.2, 0.25) is 5.91 Å². The van der Waals surface area contributed by atoms with Crippen molar-refractivity contribution in [3.05, 3.63) is 36.5 Å². The van der Waals surface area contributed by atoms with Crippen molar-refractivity contribution in [2.45, 2.75) is 168 Å². The maximum absolute atomic E-state index is 12.5. The van der Waals surface area contributed by atoms with Crippen LogP contribution in [0.2, 0.25) is 0 Å². The maximum Gasteiger partial charge on any atom is 0.322 e. The summed E-state index contributed by atoms with van der Waals surface area (Å²) >= 11 is 0. The Morgan fingerprint density at radius 3 is 1.86 bits per heavy atom. The number of carboxylic acid groups (broad SMARTS) is 1. The Labute approximate surface area is 257 Å². The monoisotopic (exact) mass is 589 g/mol. The first-order valence-corrected chi connectivity index (χ1v) is 17.1. The van der Waals surface area contributed by atoms with Crippen LogP contribution in [0.1, 0.15) is 162 Å². The summed E-state index contributed by atoms with van der Waals surface area (Å²) in [6.07, 6.45) is 37.0. The average Bonchev–Trinajstić information content (AvgIpc) is 2.97. The topological polar surface area (TPSA) is 92.7 Å². The molecule has 0 aromatic carbocycles. The van der Waals surface area contributed by atoms with Gasteiger partial charge in [0.15, 0.2) is 0 Å². The lowest BCUT2D eigenvalue weighted by molar-refractivity contribution is -0.147. The lowest BCUT2D eigenvalue weighted by atomic mass is 10.1. The summed E-state index contributed by atoms with van der Waals surface area (Å²) in [6.45, 7) is 4.12. The fraction of sp³-hybridized carbons (Fsp3) is 0.750. The summed E-state index contributed by atoms with van der Waals surface area (Å²) in [7, 11) is 0. The highest BCUT2D eigenvalue weighted by Gasteiger charge is 2.11. The van der Waals surface area contributed by atoms with E-state index in [4.69, 9.17) is 9.84 Å². The first-order valence-electron chi connectivity index (χ1n) is 17.1. The molecular formula is C36H63NO5. The average molecular weight is 590 g/mol. The number of amides is 1. The molecule has 1 atom stereocenters. The van der Waals surface area contributed by atoms with Crippen molar-refractivity contribution in [2.75, 3.05) is 6.54 Å². The molecule has 0 aliphatic rings. The van der Waals surface area contributed by atoms with Gasteiger partial charge in [-0.05, 0) is 70.3 Å². The van der Waals surface area contributed by atoms with Crippen LogP contribution in [0.5, 0.6) is 0 Å². The molecule has 0 bridgehead atoms. The molecule has 0 heterocycles. The normalized spacial score (nSPS) is 12.4. The zero-order valence-electron chi connectivity index (χ0n) is 27.1. The van der Waals surface area contributed by atoms with Crippen LogP contribution >= 0.6 is 0 Å². The molecule has 6 heteroatoms. The molecule has 0 rings (SSSR count). The van der Waals surface area contributed by atoms with Crippen LogP contribution in [-0.4, -0.2) is 35.6 Å². The molecule has 42 heavy (non-hydrogen) atoms. The van der Waals surface area contributed by atoms with Gasteiger partial charge >= 0.3 is 11.9 Å². The van der Waals surface area contributed by atoms with Gasteiger partial charge in [-0.1, -0.05) is 115 Å². The lowest BCUT2D eigenvalue weighted by Crippen LogP contribution is -2.28. The van der Waals surface area contributed by atoms with Gasteiger partial charge in [0.1, 0.15) is 12.6 Å². The molecule has 0 aliphatic heterocycles. The number of ether oxygens (including phenoxy) is 1. The fourth-order valence-electron chi connectivity index (χ4n) is 4.68. The number of unbranched alkanes of at least 4 members (excludes halogenated alkanes) is 15. The summed E-state index contributed by atoms with van der Waals surface area (Å²) in [5, 5.41) is 11.0. The van der Waals surface area contributed by atoms with Crippen LogP contribution in [0.3, 0.4) is 0 Å². The molecule has 0 radical (unpaired) electrons. The van der Waals surface area contributed by atoms with E-state index >= 15 is 0 Å². The predicted molar refractivity (Wildman–Crippen MR) is 175 cm³/mol. The van der Waals surface area contributed by atoms with Gasteiger partial charge in [0, 0.05) is 12.8 Å². The number of carbonyl (C=O) groups is 3. The molecule has 1 unspecified atom stereocenters. The van der Waals surface area contributed by atoms with Crippen molar-refractivity contribution >= 4 is 17.8 Å². The van der Waals surface area contributed by atoms with E-state index < -0.39 is 5.97 Å². The smallest absolute Gasteiger partial charge is 0.322 e. The van der Waals surface area contributed by atoms with Gasteiger partial charge in [0.25, 0.3) is 0 Å². The minimum absolute atomic E-state index is 0.111. The summed E-state index contributed by atoms with van der Waals surface area (Å²) < 4.78 is 5.83. The fourth-order valence-corrected chi connectivity index (χ4v) is 4.68. The number of hydrogen-bond acceptors (Lipinski definition) is 4. The van der Waals surface area contributed by atoms with Gasteiger partial charge in [-0.25, -0.2) is 0 Å². The van der Waals surface area contributed by atoms with Gasteiger partial charge in [-0.2, -0.15) is 0 Å². The summed E-state index contributed by atoms with van der Waals surface area (Å²) in [5.74, 6) is -1.37. The Hall–Kier alpha value is -2.37. The molecule has 2 N–H and O–H groups in total. The molecule has 6 nitrogen and oxygen atoms in total. The van der Waals surface area contributed by atoms with Gasteiger partial charge in [-0.15, -0.1) is 0 Å². The second kappa shape index (κ2) is 31.6. The third-order valence-electron chi connectivity index (χ3n) is 7.27. The highest BCUT2D eigenvalue weighted by Crippen LogP contribution is 2.14. The number of hydrogen-bond donors (Lipinski definition) is 2. The molecule has 0 aromatic rings. The number of allylic oxidation sites excluding steroid dienone is 5. The van der Waals surface area contributed by atoms with E-state index in [9.17, 15) is 14.4 Å². The van der Waals surface area contributed by atoms with Crippen LogP contribution in [-0.2, 0) is 19.1 Å². The quantitative estimate of drug-likeness (QED) is 0.0494. The lowest BCUT2D eigenvalue weighted by Gasteiger charge is -2.14. The van der Waals surface area contributed by atoms with E-state index in [0.717, 1.165) is 64.2 Å². The van der Waals surface area contributed by atoms with Crippen LogP contribution < -0.4 is 5.32 Å². The largest absolute Gasteiger partial charge is 0.480 e. The van der Waals surface area contributed by atoms with Crippen molar-refractivity contribution in [3.63, 3.8) is 0 Å². The SMILES string of the molecule is CCCC/C=C\C/C=C\C(CCCCCCC(=O)NCC(=O)O)OC(=O)CCCCCCC/C=C\CCCCCCC. The molecule has 0 saturated carbocycles. The van der Waals surface area contributed by atoms with Crippen molar-refractivity contribution in [2.24, 2.45) is 0 Å². The van der Waals surface area contributed by atoms with Crippen molar-refractivity contribution in [1.82, 2.24) is 5.32 Å². The second-order valence-electron chi connectivity index (χ2n) is 11.4. The van der Waals surface area contributed by atoms with E-state index in [1.165, 1.54) is 70.6 Å². The van der Waals surface area contributed by atoms with Gasteiger partial charge in [0.05, 0.1) is 0 Å². The Balaban J connectivity index is 4.18. The van der Waals surface area contributed by atoms with Gasteiger partial charge in [-0.3, -0.25) is 14.4 Å². The van der Waals surface area contributed by atoms with Crippen LogP contribution in [0.15, 0.2) is 36.5 Å². The van der Waals surface area contributed by atoms with E-state index in [2.05, 4.69) is 49.5 Å².